The molecule has 0 atom stereocenters. The summed E-state index contributed by atoms with van der Waals surface area (Å²) in [5.41, 5.74) is 10.7. The lowest BCUT2D eigenvalue weighted by molar-refractivity contribution is 0.669. The largest absolute Gasteiger partial charge is 0.456 e. The minimum absolute atomic E-state index is 0.904. The lowest BCUT2D eigenvalue weighted by Gasteiger charge is -2.18. The Hall–Kier alpha value is -6.64. The van der Waals surface area contributed by atoms with Crippen LogP contribution in [0.1, 0.15) is 0 Å². The van der Waals surface area contributed by atoms with Gasteiger partial charge in [0.15, 0.2) is 0 Å². The highest BCUT2D eigenvalue weighted by atomic mass is 16.3. The summed E-state index contributed by atoms with van der Waals surface area (Å²) >= 11 is 0. The number of fused-ring (bicyclic) bond motifs is 10. The van der Waals surface area contributed by atoms with Crippen molar-refractivity contribution in [1.29, 1.82) is 0 Å². The van der Waals surface area contributed by atoms with Crippen LogP contribution in [0.4, 0.5) is 0 Å². The van der Waals surface area contributed by atoms with Crippen LogP contribution in [0.15, 0.2) is 179 Å². The molecule has 0 aliphatic carbocycles. The van der Waals surface area contributed by atoms with E-state index in [2.05, 4.69) is 158 Å². The maximum absolute atomic E-state index is 6.46. The van der Waals surface area contributed by atoms with Crippen LogP contribution in [-0.2, 0) is 0 Å². The Morgan fingerprint density at radius 1 is 0.300 bits per heavy atom. The Balaban J connectivity index is 1.16. The van der Waals surface area contributed by atoms with Gasteiger partial charge < -0.3 is 8.83 Å². The van der Waals surface area contributed by atoms with Crippen LogP contribution in [0.2, 0.25) is 0 Å². The molecule has 50 heavy (non-hydrogen) atoms. The maximum Gasteiger partial charge on any atom is 0.143 e. The van der Waals surface area contributed by atoms with Crippen molar-refractivity contribution in [1.82, 2.24) is 0 Å². The molecule has 11 aromatic rings. The lowest BCUT2D eigenvalue weighted by Crippen LogP contribution is -1.91. The van der Waals surface area contributed by atoms with Crippen LogP contribution < -0.4 is 0 Å². The van der Waals surface area contributed by atoms with E-state index >= 15 is 0 Å². The first-order valence-corrected chi connectivity index (χ1v) is 17.1. The van der Waals surface area contributed by atoms with Gasteiger partial charge in [0.2, 0.25) is 0 Å². The quantitative estimate of drug-likeness (QED) is 0.180. The molecule has 0 bridgehead atoms. The summed E-state index contributed by atoms with van der Waals surface area (Å²) in [6, 6.07) is 60.9. The molecule has 0 aliphatic rings. The Morgan fingerprint density at radius 2 is 0.860 bits per heavy atom. The van der Waals surface area contributed by atoms with Crippen molar-refractivity contribution >= 4 is 76.2 Å². The van der Waals surface area contributed by atoms with Gasteiger partial charge in [-0.25, -0.2) is 0 Å². The van der Waals surface area contributed by atoms with Gasteiger partial charge >= 0.3 is 0 Å². The molecular formula is C48H28O2. The molecule has 0 fully saturated rings. The molecule has 2 heteroatoms. The number of benzene rings is 9. The Bertz CT molecular complexity index is 3100. The van der Waals surface area contributed by atoms with Crippen LogP contribution in [0.3, 0.4) is 0 Å². The van der Waals surface area contributed by atoms with Crippen molar-refractivity contribution in [3.63, 3.8) is 0 Å². The predicted molar refractivity (Wildman–Crippen MR) is 210 cm³/mol. The van der Waals surface area contributed by atoms with Crippen molar-refractivity contribution in [2.75, 3.05) is 0 Å². The van der Waals surface area contributed by atoms with Crippen LogP contribution in [-0.4, -0.2) is 0 Å². The zero-order valence-electron chi connectivity index (χ0n) is 27.0. The average Bonchev–Trinajstić information content (AvgIpc) is 3.75. The van der Waals surface area contributed by atoms with E-state index in [0.717, 1.165) is 49.6 Å². The van der Waals surface area contributed by atoms with Crippen molar-refractivity contribution in [2.24, 2.45) is 0 Å². The van der Waals surface area contributed by atoms with E-state index in [4.69, 9.17) is 8.83 Å². The summed E-state index contributed by atoms with van der Waals surface area (Å²) in [5.74, 6) is 0. The Morgan fingerprint density at radius 3 is 1.62 bits per heavy atom. The van der Waals surface area contributed by atoms with Gasteiger partial charge in [-0.2, -0.15) is 0 Å². The third-order valence-electron chi connectivity index (χ3n) is 10.4. The molecule has 2 aromatic heterocycles. The monoisotopic (exact) mass is 636 g/mol. The molecule has 0 radical (unpaired) electrons. The summed E-state index contributed by atoms with van der Waals surface area (Å²) < 4.78 is 12.8. The molecule has 2 nitrogen and oxygen atoms in total. The fourth-order valence-corrected chi connectivity index (χ4v) is 8.27. The minimum atomic E-state index is 0.904. The molecule has 0 spiro atoms. The molecule has 9 aromatic carbocycles. The normalized spacial score (nSPS) is 12.0. The summed E-state index contributed by atoms with van der Waals surface area (Å²) in [7, 11) is 0. The smallest absolute Gasteiger partial charge is 0.143 e. The fourth-order valence-electron chi connectivity index (χ4n) is 8.27. The first kappa shape index (κ1) is 27.3. The standard InChI is InChI=1S/C48H28O2/c1-2-14-33-29(11-1)23-26-44-47(33)41-28-32(24-25-43(41)49-44)46-38-18-5-3-16-36(38)45(37-17-4-6-19-39(37)46)31-13-9-12-30(27-31)34-20-10-21-40-35-15-7-8-22-42(35)50-48(34)40/h1-28H. The molecule has 0 aliphatic heterocycles. The lowest BCUT2D eigenvalue weighted by atomic mass is 9.85. The van der Waals surface area contributed by atoms with E-state index in [1.165, 1.54) is 60.0 Å². The van der Waals surface area contributed by atoms with Gasteiger partial charge in [0.05, 0.1) is 0 Å². The first-order valence-electron chi connectivity index (χ1n) is 17.1. The predicted octanol–water partition coefficient (Wildman–Crippen LogP) is 13.9. The third kappa shape index (κ3) is 3.90. The van der Waals surface area contributed by atoms with Gasteiger partial charge in [0.25, 0.3) is 0 Å². The van der Waals surface area contributed by atoms with Gasteiger partial charge in [-0.15, -0.1) is 0 Å². The number of hydrogen-bond donors (Lipinski definition) is 0. The van der Waals surface area contributed by atoms with Crippen molar-refractivity contribution in [3.05, 3.63) is 170 Å². The first-order chi connectivity index (χ1) is 24.8. The SMILES string of the molecule is c1cc(-c2c3ccccc3c(-c3ccc4oc5ccc6ccccc6c5c4c3)c3ccccc23)cc(-c2cccc3c2oc2ccccc23)c1. The highest BCUT2D eigenvalue weighted by Gasteiger charge is 2.19. The van der Waals surface area contributed by atoms with Crippen LogP contribution >= 0.6 is 0 Å². The molecule has 2 heterocycles. The average molecular weight is 637 g/mol. The number of hydrogen-bond acceptors (Lipinski definition) is 2. The van der Waals surface area contributed by atoms with Gasteiger partial charge in [-0.3, -0.25) is 0 Å². The minimum Gasteiger partial charge on any atom is -0.456 e. The second-order valence-electron chi connectivity index (χ2n) is 13.2. The third-order valence-corrected chi connectivity index (χ3v) is 10.4. The Labute approximate surface area is 287 Å². The van der Waals surface area contributed by atoms with E-state index in [1.54, 1.807) is 0 Å². The molecular weight excluding hydrogens is 609 g/mol. The number of furan rings is 2. The summed E-state index contributed by atoms with van der Waals surface area (Å²) in [4.78, 5) is 0. The Kier molecular flexibility index (Phi) is 5.70. The molecule has 232 valence electrons. The van der Waals surface area contributed by atoms with E-state index in [9.17, 15) is 0 Å². The highest BCUT2D eigenvalue weighted by molar-refractivity contribution is 6.24. The van der Waals surface area contributed by atoms with Gasteiger partial charge in [-0.05, 0) is 90.5 Å². The van der Waals surface area contributed by atoms with Crippen molar-refractivity contribution in [2.45, 2.75) is 0 Å². The second kappa shape index (κ2) is 10.4. The molecule has 0 saturated heterocycles. The van der Waals surface area contributed by atoms with Gasteiger partial charge in [0.1, 0.15) is 22.3 Å². The summed E-state index contributed by atoms with van der Waals surface area (Å²) in [6.45, 7) is 0. The number of para-hydroxylation sites is 2. The molecule has 0 N–H and O–H groups in total. The van der Waals surface area contributed by atoms with Crippen LogP contribution in [0.5, 0.6) is 0 Å². The van der Waals surface area contributed by atoms with Gasteiger partial charge in [-0.1, -0.05) is 140 Å². The van der Waals surface area contributed by atoms with Crippen molar-refractivity contribution in [3.8, 4) is 33.4 Å². The maximum atomic E-state index is 6.46. The van der Waals surface area contributed by atoms with Crippen LogP contribution in [0, 0.1) is 0 Å². The second-order valence-corrected chi connectivity index (χ2v) is 13.2. The summed E-state index contributed by atoms with van der Waals surface area (Å²) in [5, 5.41) is 11.9. The van der Waals surface area contributed by atoms with E-state index in [1.807, 2.05) is 12.1 Å². The highest BCUT2D eigenvalue weighted by Crippen LogP contribution is 2.46. The summed E-state index contributed by atoms with van der Waals surface area (Å²) in [6.07, 6.45) is 0. The zero-order valence-corrected chi connectivity index (χ0v) is 27.0. The van der Waals surface area contributed by atoms with E-state index < -0.39 is 0 Å². The number of rotatable bonds is 3. The molecule has 0 saturated carbocycles. The van der Waals surface area contributed by atoms with E-state index in [0.29, 0.717) is 0 Å². The molecule has 0 unspecified atom stereocenters. The van der Waals surface area contributed by atoms with Crippen LogP contribution in [0.25, 0.3) is 110 Å². The topological polar surface area (TPSA) is 26.3 Å². The van der Waals surface area contributed by atoms with Gasteiger partial charge in [0, 0.05) is 27.1 Å². The zero-order chi connectivity index (χ0) is 32.8. The molecule has 11 rings (SSSR count). The fraction of sp³-hybridized carbons (Fsp3) is 0. The molecule has 0 amide bonds. The van der Waals surface area contributed by atoms with Crippen molar-refractivity contribution < 1.29 is 8.83 Å². The van der Waals surface area contributed by atoms with E-state index in [-0.39, 0.29) is 0 Å².